The second-order valence-corrected chi connectivity index (χ2v) is 7.68. The van der Waals surface area contributed by atoms with Gasteiger partial charge in [-0.3, -0.25) is 4.79 Å². The Morgan fingerprint density at radius 2 is 1.67 bits per heavy atom. The van der Waals surface area contributed by atoms with Crippen molar-refractivity contribution in [1.82, 2.24) is 5.32 Å². The van der Waals surface area contributed by atoms with E-state index in [-0.39, 0.29) is 25.5 Å². The Hall–Kier alpha value is -4.11. The number of rotatable bonds is 6. The Kier molecular flexibility index (Phi) is 6.70. The number of ether oxygens (including phenoxy) is 1. The molecule has 5 nitrogen and oxygen atoms in total. The molecule has 3 aromatic rings. The molecule has 0 aliphatic heterocycles. The van der Waals surface area contributed by atoms with Gasteiger partial charge in [0.1, 0.15) is 12.4 Å². The molecule has 6 heteroatoms. The molecule has 0 radical (unpaired) electrons. The number of aliphatic carboxylic acids is 1. The average molecular weight is 443 g/mol. The Morgan fingerprint density at radius 3 is 2.33 bits per heavy atom. The molecule has 1 amide bonds. The second kappa shape index (κ2) is 10.0. The number of carbonyl (C=O) groups excluding carboxylic acids is 1. The van der Waals surface area contributed by atoms with E-state index in [2.05, 4.69) is 41.4 Å². The molecule has 0 aromatic heterocycles. The zero-order chi connectivity index (χ0) is 23.2. The van der Waals surface area contributed by atoms with Gasteiger partial charge in [-0.1, -0.05) is 60.4 Å². The molecule has 0 fully saturated rings. The Morgan fingerprint density at radius 1 is 1.00 bits per heavy atom. The van der Waals surface area contributed by atoms with Crippen LogP contribution >= 0.6 is 0 Å². The Labute approximate surface area is 191 Å². The summed E-state index contributed by atoms with van der Waals surface area (Å²) < 4.78 is 18.9. The van der Waals surface area contributed by atoms with Crippen molar-refractivity contribution in [3.8, 4) is 23.0 Å². The van der Waals surface area contributed by atoms with Crippen LogP contribution in [-0.4, -0.2) is 30.3 Å². The van der Waals surface area contributed by atoms with Gasteiger partial charge in [-0.05, 0) is 46.0 Å². The molecule has 0 bridgehead atoms. The highest BCUT2D eigenvalue weighted by Gasteiger charge is 2.28. The van der Waals surface area contributed by atoms with Crippen molar-refractivity contribution in [2.45, 2.75) is 18.8 Å². The van der Waals surface area contributed by atoms with E-state index < -0.39 is 17.9 Å². The lowest BCUT2D eigenvalue weighted by Crippen LogP contribution is -2.26. The van der Waals surface area contributed by atoms with E-state index in [4.69, 9.17) is 9.84 Å². The highest BCUT2D eigenvalue weighted by atomic mass is 19.1. The molecule has 4 rings (SSSR count). The summed E-state index contributed by atoms with van der Waals surface area (Å²) in [6.07, 6.45) is -0.486. The minimum Gasteiger partial charge on any atom is -0.481 e. The second-order valence-electron chi connectivity index (χ2n) is 7.68. The van der Waals surface area contributed by atoms with Crippen LogP contribution in [0.25, 0.3) is 11.1 Å². The van der Waals surface area contributed by atoms with Gasteiger partial charge in [0.05, 0.1) is 6.42 Å². The van der Waals surface area contributed by atoms with Crippen molar-refractivity contribution in [3.05, 3.63) is 94.8 Å². The van der Waals surface area contributed by atoms with E-state index in [0.717, 1.165) is 11.1 Å². The van der Waals surface area contributed by atoms with E-state index in [0.29, 0.717) is 17.5 Å². The van der Waals surface area contributed by atoms with Gasteiger partial charge in [0.2, 0.25) is 0 Å². The minimum absolute atomic E-state index is 0.00549. The molecule has 2 N–H and O–H groups in total. The zero-order valence-corrected chi connectivity index (χ0v) is 17.8. The van der Waals surface area contributed by atoms with Crippen LogP contribution in [0.5, 0.6) is 0 Å². The van der Waals surface area contributed by atoms with Crippen LogP contribution in [0.1, 0.15) is 34.6 Å². The molecular weight excluding hydrogens is 421 g/mol. The average Bonchev–Trinajstić information content (AvgIpc) is 3.12. The molecule has 0 spiro atoms. The van der Waals surface area contributed by atoms with Gasteiger partial charge >= 0.3 is 12.1 Å². The molecule has 1 aliphatic carbocycles. The van der Waals surface area contributed by atoms with Crippen LogP contribution < -0.4 is 5.32 Å². The lowest BCUT2D eigenvalue weighted by atomic mass is 9.98. The summed E-state index contributed by atoms with van der Waals surface area (Å²) in [5.41, 5.74) is 5.41. The van der Waals surface area contributed by atoms with Crippen molar-refractivity contribution < 1.29 is 23.8 Å². The molecule has 0 atom stereocenters. The van der Waals surface area contributed by atoms with E-state index >= 15 is 0 Å². The van der Waals surface area contributed by atoms with Crippen LogP contribution in [0.4, 0.5) is 9.18 Å². The number of nitrogens with one attached hydrogen (secondary N) is 1. The SMILES string of the molecule is O=C(O)Cc1cc(F)ccc1C#CCCNC(=O)OCC1c2ccccc2-c2ccccc21. The smallest absolute Gasteiger partial charge is 0.407 e. The normalized spacial score (nSPS) is 11.7. The zero-order valence-electron chi connectivity index (χ0n) is 17.8. The fourth-order valence-electron chi connectivity index (χ4n) is 4.03. The maximum atomic E-state index is 13.4. The first-order valence-corrected chi connectivity index (χ1v) is 10.6. The summed E-state index contributed by atoms with van der Waals surface area (Å²) in [5, 5.41) is 11.6. The maximum absolute atomic E-state index is 13.4. The largest absolute Gasteiger partial charge is 0.481 e. The van der Waals surface area contributed by atoms with Gasteiger partial charge in [-0.15, -0.1) is 0 Å². The lowest BCUT2D eigenvalue weighted by Gasteiger charge is -2.14. The van der Waals surface area contributed by atoms with E-state index in [1.165, 1.54) is 29.3 Å². The van der Waals surface area contributed by atoms with Gasteiger partial charge in [-0.2, -0.15) is 0 Å². The molecule has 166 valence electrons. The molecule has 3 aromatic carbocycles. The number of carboxylic acids is 1. The third kappa shape index (κ3) is 5.21. The Bertz CT molecular complexity index is 1210. The van der Waals surface area contributed by atoms with Crippen LogP contribution in [-0.2, 0) is 16.0 Å². The topological polar surface area (TPSA) is 75.6 Å². The van der Waals surface area contributed by atoms with Crippen molar-refractivity contribution in [1.29, 1.82) is 0 Å². The molecule has 33 heavy (non-hydrogen) atoms. The number of halogens is 1. The summed E-state index contributed by atoms with van der Waals surface area (Å²) in [6.45, 7) is 0.513. The summed E-state index contributed by atoms with van der Waals surface area (Å²) in [4.78, 5) is 23.1. The van der Waals surface area contributed by atoms with Gasteiger partial charge < -0.3 is 15.2 Å². The number of fused-ring (bicyclic) bond motifs is 3. The lowest BCUT2D eigenvalue weighted by molar-refractivity contribution is -0.136. The molecule has 1 aliphatic rings. The highest BCUT2D eigenvalue weighted by Crippen LogP contribution is 2.44. The van der Waals surface area contributed by atoms with Crippen molar-refractivity contribution in [2.24, 2.45) is 0 Å². The minimum atomic E-state index is -1.06. The van der Waals surface area contributed by atoms with Gasteiger partial charge in [-0.25, -0.2) is 9.18 Å². The van der Waals surface area contributed by atoms with Crippen LogP contribution in [0.15, 0.2) is 66.7 Å². The number of carboxylic acid groups (broad SMARTS) is 1. The third-order valence-corrected chi connectivity index (χ3v) is 5.50. The number of alkyl carbamates (subject to hydrolysis) is 1. The van der Waals surface area contributed by atoms with Gasteiger partial charge in [0.25, 0.3) is 0 Å². The number of carbonyl (C=O) groups is 2. The van der Waals surface area contributed by atoms with Crippen molar-refractivity contribution in [2.75, 3.05) is 13.2 Å². The summed E-state index contributed by atoms with van der Waals surface area (Å²) in [6, 6.07) is 20.1. The first kappa shape index (κ1) is 22.1. The van der Waals surface area contributed by atoms with Gasteiger partial charge in [0, 0.05) is 24.4 Å². The van der Waals surface area contributed by atoms with Crippen molar-refractivity contribution in [3.63, 3.8) is 0 Å². The monoisotopic (exact) mass is 443 g/mol. The number of amides is 1. The third-order valence-electron chi connectivity index (χ3n) is 5.50. The molecule has 0 saturated heterocycles. The Balaban J connectivity index is 1.29. The number of hydrogen-bond donors (Lipinski definition) is 2. The highest BCUT2D eigenvalue weighted by molar-refractivity contribution is 5.79. The number of hydrogen-bond acceptors (Lipinski definition) is 3. The first-order chi connectivity index (χ1) is 16.0. The van der Waals surface area contributed by atoms with Crippen LogP contribution in [0.3, 0.4) is 0 Å². The van der Waals surface area contributed by atoms with Crippen molar-refractivity contribution >= 4 is 12.1 Å². The van der Waals surface area contributed by atoms with E-state index in [1.54, 1.807) is 0 Å². The van der Waals surface area contributed by atoms with Gasteiger partial charge in [0.15, 0.2) is 0 Å². The van der Waals surface area contributed by atoms with E-state index in [9.17, 15) is 14.0 Å². The van der Waals surface area contributed by atoms with E-state index in [1.807, 2.05) is 24.3 Å². The fourth-order valence-corrected chi connectivity index (χ4v) is 4.03. The van der Waals surface area contributed by atoms with Crippen LogP contribution in [0.2, 0.25) is 0 Å². The first-order valence-electron chi connectivity index (χ1n) is 10.6. The molecule has 0 saturated carbocycles. The standard InChI is InChI=1S/C27H22FNO4/c28-20-13-12-18(19(15-20)16-26(30)31)7-5-6-14-29-27(32)33-17-25-23-10-3-1-8-21(23)22-9-2-4-11-24(22)25/h1-4,8-13,15,25H,6,14,16-17H2,(H,29,32)(H,30,31). The number of benzene rings is 3. The van der Waals surface area contributed by atoms with Crippen LogP contribution in [0, 0.1) is 17.7 Å². The summed E-state index contributed by atoms with van der Waals surface area (Å²) in [7, 11) is 0. The predicted molar refractivity (Wildman–Crippen MR) is 122 cm³/mol. The molecule has 0 unspecified atom stereocenters. The quantitative estimate of drug-likeness (QED) is 0.427. The summed E-state index contributed by atoms with van der Waals surface area (Å²) >= 11 is 0. The predicted octanol–water partition coefficient (Wildman–Crippen LogP) is 4.73. The fraction of sp³-hybridized carbons (Fsp3) is 0.185. The molecule has 0 heterocycles. The summed E-state index contributed by atoms with van der Waals surface area (Å²) in [5.74, 6) is 4.16. The molecular formula is C27H22FNO4. The maximum Gasteiger partial charge on any atom is 0.407 e.